The molecule has 0 aromatic heterocycles. The van der Waals surface area contributed by atoms with Crippen molar-refractivity contribution in [3.05, 3.63) is 0 Å². The lowest BCUT2D eigenvalue weighted by molar-refractivity contribution is -0.148. The molecule has 1 saturated carbocycles. The fourth-order valence-electron chi connectivity index (χ4n) is 1.89. The molecule has 0 heterocycles. The number of amides is 1. The topological polar surface area (TPSA) is 75.6 Å². The van der Waals surface area contributed by atoms with Crippen LogP contribution in [0.15, 0.2) is 0 Å². The van der Waals surface area contributed by atoms with Crippen molar-refractivity contribution in [3.8, 4) is 0 Å². The molecule has 1 amide bonds. The highest BCUT2D eigenvalue weighted by molar-refractivity contribution is 5.87. The average Bonchev–Trinajstić information content (AvgIpc) is 2.78. The SMILES string of the molecule is CCC(C)(NC(=O)COC1CCCC1)C(=O)O. The van der Waals surface area contributed by atoms with Crippen molar-refractivity contribution in [2.75, 3.05) is 6.61 Å². The second kappa shape index (κ2) is 6.00. The van der Waals surface area contributed by atoms with Crippen LogP contribution in [0.25, 0.3) is 0 Å². The Kier molecular flexibility index (Phi) is 4.93. The standard InChI is InChI=1S/C12H21NO4/c1-3-12(2,11(15)16)13-10(14)8-17-9-6-4-5-7-9/h9H,3-8H2,1-2H3,(H,13,14)(H,15,16). The van der Waals surface area contributed by atoms with Crippen LogP contribution in [0.3, 0.4) is 0 Å². The van der Waals surface area contributed by atoms with Gasteiger partial charge in [0.1, 0.15) is 12.1 Å². The van der Waals surface area contributed by atoms with Crippen molar-refractivity contribution in [3.63, 3.8) is 0 Å². The Morgan fingerprint density at radius 2 is 2.00 bits per heavy atom. The first-order valence-corrected chi connectivity index (χ1v) is 6.14. The number of carboxylic acid groups (broad SMARTS) is 1. The van der Waals surface area contributed by atoms with Gasteiger partial charge in [-0.1, -0.05) is 19.8 Å². The number of hydrogen-bond donors (Lipinski definition) is 2. The molecule has 1 rings (SSSR count). The number of hydrogen-bond acceptors (Lipinski definition) is 3. The zero-order valence-corrected chi connectivity index (χ0v) is 10.5. The predicted octanol–water partition coefficient (Wildman–Crippen LogP) is 1.32. The van der Waals surface area contributed by atoms with E-state index in [2.05, 4.69) is 5.32 Å². The summed E-state index contributed by atoms with van der Waals surface area (Å²) in [6, 6.07) is 0. The number of rotatable bonds is 6. The fraction of sp³-hybridized carbons (Fsp3) is 0.833. The highest BCUT2D eigenvalue weighted by Crippen LogP contribution is 2.20. The first-order valence-electron chi connectivity index (χ1n) is 6.14. The molecule has 2 N–H and O–H groups in total. The molecule has 1 unspecified atom stereocenters. The molecule has 98 valence electrons. The number of ether oxygens (including phenoxy) is 1. The summed E-state index contributed by atoms with van der Waals surface area (Å²) in [4.78, 5) is 22.6. The van der Waals surface area contributed by atoms with E-state index in [0.717, 1.165) is 25.7 Å². The molecule has 0 aromatic rings. The highest BCUT2D eigenvalue weighted by atomic mass is 16.5. The van der Waals surface area contributed by atoms with Gasteiger partial charge in [-0.15, -0.1) is 0 Å². The maximum absolute atomic E-state index is 11.6. The van der Waals surface area contributed by atoms with Gasteiger partial charge in [-0.05, 0) is 26.2 Å². The van der Waals surface area contributed by atoms with E-state index >= 15 is 0 Å². The minimum absolute atomic E-state index is 0.0481. The first-order chi connectivity index (χ1) is 7.98. The van der Waals surface area contributed by atoms with Crippen molar-refractivity contribution in [1.82, 2.24) is 5.32 Å². The van der Waals surface area contributed by atoms with Gasteiger partial charge in [0.05, 0.1) is 6.10 Å². The molecule has 0 bridgehead atoms. The third-order valence-electron chi connectivity index (χ3n) is 3.35. The predicted molar refractivity (Wildman–Crippen MR) is 62.7 cm³/mol. The summed E-state index contributed by atoms with van der Waals surface area (Å²) >= 11 is 0. The van der Waals surface area contributed by atoms with Crippen molar-refractivity contribution in [2.45, 2.75) is 57.6 Å². The van der Waals surface area contributed by atoms with E-state index in [-0.39, 0.29) is 18.6 Å². The summed E-state index contributed by atoms with van der Waals surface area (Å²) in [7, 11) is 0. The quantitative estimate of drug-likeness (QED) is 0.737. The van der Waals surface area contributed by atoms with Crippen LogP contribution >= 0.6 is 0 Å². The summed E-state index contributed by atoms with van der Waals surface area (Å²) in [6.07, 6.45) is 4.80. The zero-order chi connectivity index (χ0) is 12.9. The van der Waals surface area contributed by atoms with Crippen molar-refractivity contribution in [1.29, 1.82) is 0 Å². The van der Waals surface area contributed by atoms with Crippen LogP contribution in [-0.2, 0) is 14.3 Å². The van der Waals surface area contributed by atoms with Crippen LogP contribution in [-0.4, -0.2) is 35.2 Å². The van der Waals surface area contributed by atoms with E-state index in [9.17, 15) is 9.59 Å². The van der Waals surface area contributed by atoms with E-state index < -0.39 is 11.5 Å². The zero-order valence-electron chi connectivity index (χ0n) is 10.5. The van der Waals surface area contributed by atoms with E-state index in [1.807, 2.05) is 0 Å². The van der Waals surface area contributed by atoms with Crippen molar-refractivity contribution in [2.24, 2.45) is 0 Å². The molecule has 0 radical (unpaired) electrons. The lowest BCUT2D eigenvalue weighted by Crippen LogP contribution is -2.52. The minimum Gasteiger partial charge on any atom is -0.480 e. The van der Waals surface area contributed by atoms with E-state index in [1.54, 1.807) is 6.92 Å². The van der Waals surface area contributed by atoms with E-state index in [1.165, 1.54) is 6.92 Å². The smallest absolute Gasteiger partial charge is 0.329 e. The van der Waals surface area contributed by atoms with E-state index in [4.69, 9.17) is 9.84 Å². The Morgan fingerprint density at radius 3 is 2.47 bits per heavy atom. The second-order valence-corrected chi connectivity index (χ2v) is 4.76. The summed E-state index contributed by atoms with van der Waals surface area (Å²) < 4.78 is 5.43. The summed E-state index contributed by atoms with van der Waals surface area (Å²) in [6.45, 7) is 3.18. The third-order valence-corrected chi connectivity index (χ3v) is 3.35. The van der Waals surface area contributed by atoms with Crippen molar-refractivity contribution >= 4 is 11.9 Å². The van der Waals surface area contributed by atoms with Crippen LogP contribution < -0.4 is 5.32 Å². The van der Waals surface area contributed by atoms with Crippen molar-refractivity contribution < 1.29 is 19.4 Å². The van der Waals surface area contributed by atoms with Crippen LogP contribution in [0.4, 0.5) is 0 Å². The van der Waals surface area contributed by atoms with Gasteiger partial charge in [0, 0.05) is 0 Å². The molecular weight excluding hydrogens is 222 g/mol. The number of nitrogens with one attached hydrogen (secondary N) is 1. The normalized spacial score (nSPS) is 19.9. The molecule has 1 aliphatic rings. The maximum atomic E-state index is 11.6. The maximum Gasteiger partial charge on any atom is 0.329 e. The Bertz CT molecular complexity index is 286. The van der Waals surface area contributed by atoms with Crippen LogP contribution in [0.2, 0.25) is 0 Å². The molecule has 1 fully saturated rings. The lowest BCUT2D eigenvalue weighted by Gasteiger charge is -2.24. The fourth-order valence-corrected chi connectivity index (χ4v) is 1.89. The second-order valence-electron chi connectivity index (χ2n) is 4.76. The lowest BCUT2D eigenvalue weighted by atomic mass is 9.99. The van der Waals surface area contributed by atoms with Gasteiger partial charge in [0.2, 0.25) is 5.91 Å². The summed E-state index contributed by atoms with van der Waals surface area (Å²) in [5.74, 6) is -1.38. The molecule has 0 aliphatic heterocycles. The first kappa shape index (κ1) is 14.0. The van der Waals surface area contributed by atoms with Crippen LogP contribution in [0, 0.1) is 0 Å². The molecule has 5 heteroatoms. The minimum atomic E-state index is -1.20. The van der Waals surface area contributed by atoms with Gasteiger partial charge in [0.15, 0.2) is 0 Å². The molecule has 5 nitrogen and oxygen atoms in total. The number of carbonyl (C=O) groups excluding carboxylic acids is 1. The number of aliphatic carboxylic acids is 1. The molecule has 17 heavy (non-hydrogen) atoms. The molecule has 1 aliphatic carbocycles. The Labute approximate surface area is 102 Å². The highest BCUT2D eigenvalue weighted by Gasteiger charge is 2.32. The Balaban J connectivity index is 2.34. The number of carbonyl (C=O) groups is 2. The van der Waals surface area contributed by atoms with Gasteiger partial charge in [-0.25, -0.2) is 4.79 Å². The van der Waals surface area contributed by atoms with Gasteiger partial charge in [0.25, 0.3) is 0 Å². The Morgan fingerprint density at radius 1 is 1.41 bits per heavy atom. The van der Waals surface area contributed by atoms with Gasteiger partial charge >= 0.3 is 5.97 Å². The van der Waals surface area contributed by atoms with E-state index in [0.29, 0.717) is 6.42 Å². The third kappa shape index (κ3) is 4.00. The molecule has 0 spiro atoms. The summed E-state index contributed by atoms with van der Waals surface area (Å²) in [5, 5.41) is 11.5. The average molecular weight is 243 g/mol. The van der Waals surface area contributed by atoms with Crippen LogP contribution in [0.1, 0.15) is 46.0 Å². The molecule has 0 saturated heterocycles. The van der Waals surface area contributed by atoms with Gasteiger partial charge in [-0.2, -0.15) is 0 Å². The van der Waals surface area contributed by atoms with Crippen LogP contribution in [0.5, 0.6) is 0 Å². The molecule has 1 atom stereocenters. The van der Waals surface area contributed by atoms with Gasteiger partial charge in [-0.3, -0.25) is 4.79 Å². The Hall–Kier alpha value is -1.10. The number of carboxylic acids is 1. The summed E-state index contributed by atoms with van der Waals surface area (Å²) in [5.41, 5.74) is -1.20. The molecule has 0 aromatic carbocycles. The van der Waals surface area contributed by atoms with Gasteiger partial charge < -0.3 is 15.2 Å². The largest absolute Gasteiger partial charge is 0.480 e. The molecular formula is C12H21NO4. The monoisotopic (exact) mass is 243 g/mol.